The fourth-order valence-electron chi connectivity index (χ4n) is 2.33. The van der Waals surface area contributed by atoms with Gasteiger partial charge in [0.05, 0.1) is 0 Å². The highest BCUT2D eigenvalue weighted by Crippen LogP contribution is 2.27. The van der Waals surface area contributed by atoms with E-state index in [1.807, 2.05) is 0 Å². The molecule has 0 atom stereocenters. The maximum absolute atomic E-state index is 12.2. The Balaban J connectivity index is 2.48. The van der Waals surface area contributed by atoms with Crippen molar-refractivity contribution < 1.29 is 4.79 Å². The summed E-state index contributed by atoms with van der Waals surface area (Å²) in [7, 11) is 0. The molecule has 2 nitrogen and oxygen atoms in total. The van der Waals surface area contributed by atoms with Crippen molar-refractivity contribution in [2.24, 2.45) is 0 Å². The molecule has 1 aliphatic carbocycles. The number of hydrogen-bond donors (Lipinski definition) is 1. The first-order chi connectivity index (χ1) is 7.93. The van der Waals surface area contributed by atoms with E-state index in [2.05, 4.69) is 39.9 Å². The lowest BCUT2D eigenvalue weighted by Crippen LogP contribution is -2.27. The Morgan fingerprint density at radius 3 is 1.71 bits per heavy atom. The molecule has 1 aliphatic rings. The molecule has 1 amide bonds. The third-order valence-electron chi connectivity index (χ3n) is 4.14. The van der Waals surface area contributed by atoms with Gasteiger partial charge in [0.2, 0.25) is 0 Å². The number of amides is 1. The van der Waals surface area contributed by atoms with Crippen LogP contribution in [0.1, 0.15) is 51.0 Å². The number of benzene rings is 1. The molecule has 2 heteroatoms. The molecule has 0 aromatic heterocycles. The van der Waals surface area contributed by atoms with Gasteiger partial charge in [-0.2, -0.15) is 0 Å². The van der Waals surface area contributed by atoms with Gasteiger partial charge in [-0.05, 0) is 75.3 Å². The summed E-state index contributed by atoms with van der Waals surface area (Å²) in [4.78, 5) is 12.2. The van der Waals surface area contributed by atoms with Crippen LogP contribution in [0.5, 0.6) is 0 Å². The fourth-order valence-corrected chi connectivity index (χ4v) is 2.33. The van der Waals surface area contributed by atoms with E-state index in [1.54, 1.807) is 0 Å². The van der Waals surface area contributed by atoms with E-state index in [0.29, 0.717) is 6.04 Å². The van der Waals surface area contributed by atoms with E-state index in [1.165, 1.54) is 16.7 Å². The first-order valence-corrected chi connectivity index (χ1v) is 6.31. The van der Waals surface area contributed by atoms with Crippen molar-refractivity contribution in [2.75, 3.05) is 0 Å². The fraction of sp³-hybridized carbons (Fsp3) is 0.533. The normalized spacial score (nSPS) is 14.9. The predicted molar refractivity (Wildman–Crippen MR) is 70.6 cm³/mol. The van der Waals surface area contributed by atoms with Crippen molar-refractivity contribution in [3.8, 4) is 0 Å². The topological polar surface area (TPSA) is 29.1 Å². The number of nitrogens with one attached hydrogen (secondary N) is 1. The summed E-state index contributed by atoms with van der Waals surface area (Å²) in [5, 5.41) is 3.09. The molecule has 1 saturated carbocycles. The van der Waals surface area contributed by atoms with Crippen molar-refractivity contribution in [3.05, 3.63) is 33.4 Å². The summed E-state index contributed by atoms with van der Waals surface area (Å²) in [6.07, 6.45) is 2.27. The molecule has 92 valence electrons. The van der Waals surface area contributed by atoms with E-state index in [4.69, 9.17) is 0 Å². The maximum Gasteiger partial charge on any atom is 0.252 e. The smallest absolute Gasteiger partial charge is 0.252 e. The summed E-state index contributed by atoms with van der Waals surface area (Å²) >= 11 is 0. The predicted octanol–water partition coefficient (Wildman–Crippen LogP) is 3.12. The van der Waals surface area contributed by atoms with Gasteiger partial charge in [0.15, 0.2) is 0 Å². The number of rotatable bonds is 2. The second kappa shape index (κ2) is 4.17. The second-order valence-electron chi connectivity index (χ2n) is 5.25. The molecule has 0 saturated heterocycles. The summed E-state index contributed by atoms with van der Waals surface area (Å²) < 4.78 is 0. The summed E-state index contributed by atoms with van der Waals surface area (Å²) in [5.41, 5.74) is 6.94. The van der Waals surface area contributed by atoms with Gasteiger partial charge in [0, 0.05) is 11.6 Å². The molecule has 17 heavy (non-hydrogen) atoms. The van der Waals surface area contributed by atoms with Gasteiger partial charge in [0.25, 0.3) is 5.91 Å². The lowest BCUT2D eigenvalue weighted by atomic mass is 9.89. The van der Waals surface area contributed by atoms with E-state index in [-0.39, 0.29) is 5.91 Å². The number of carbonyl (C=O) groups is 1. The zero-order valence-corrected chi connectivity index (χ0v) is 11.4. The van der Waals surface area contributed by atoms with E-state index in [0.717, 1.165) is 29.5 Å². The van der Waals surface area contributed by atoms with E-state index >= 15 is 0 Å². The molecule has 0 heterocycles. The molecule has 1 fully saturated rings. The third-order valence-corrected chi connectivity index (χ3v) is 4.14. The number of carbonyl (C=O) groups excluding carboxylic acids is 1. The SMILES string of the molecule is Cc1c(C)c(C)c(C(=O)NC2CC2)c(C)c1C. The molecular weight excluding hydrogens is 210 g/mol. The zero-order chi connectivity index (χ0) is 12.7. The first kappa shape index (κ1) is 12.2. The standard InChI is InChI=1S/C15H21NO/c1-8-9(2)11(4)14(12(5)10(8)3)15(17)16-13-6-7-13/h13H,6-7H2,1-5H3,(H,16,17). The second-order valence-corrected chi connectivity index (χ2v) is 5.25. The minimum atomic E-state index is 0.105. The zero-order valence-electron chi connectivity index (χ0n) is 11.4. The minimum Gasteiger partial charge on any atom is -0.349 e. The highest BCUT2D eigenvalue weighted by Gasteiger charge is 2.26. The van der Waals surface area contributed by atoms with Gasteiger partial charge in [-0.1, -0.05) is 0 Å². The van der Waals surface area contributed by atoms with Crippen LogP contribution < -0.4 is 5.32 Å². The molecule has 0 bridgehead atoms. The lowest BCUT2D eigenvalue weighted by molar-refractivity contribution is 0.0949. The molecule has 0 radical (unpaired) electrons. The molecule has 1 N–H and O–H groups in total. The van der Waals surface area contributed by atoms with Gasteiger partial charge < -0.3 is 5.32 Å². The monoisotopic (exact) mass is 231 g/mol. The van der Waals surface area contributed by atoms with Crippen LogP contribution >= 0.6 is 0 Å². The Kier molecular flexibility index (Phi) is 2.98. The van der Waals surface area contributed by atoms with Gasteiger partial charge in [-0.15, -0.1) is 0 Å². The molecule has 0 unspecified atom stereocenters. The molecule has 0 spiro atoms. The van der Waals surface area contributed by atoms with Crippen LogP contribution in [0.25, 0.3) is 0 Å². The van der Waals surface area contributed by atoms with Crippen molar-refractivity contribution in [1.82, 2.24) is 5.32 Å². The van der Waals surface area contributed by atoms with E-state index in [9.17, 15) is 4.79 Å². The van der Waals surface area contributed by atoms with Crippen LogP contribution in [0.15, 0.2) is 0 Å². The summed E-state index contributed by atoms with van der Waals surface area (Å²) in [6.45, 7) is 10.4. The Hall–Kier alpha value is -1.31. The molecule has 1 aromatic carbocycles. The van der Waals surface area contributed by atoms with Crippen LogP contribution in [0, 0.1) is 34.6 Å². The Bertz CT molecular complexity index is 455. The van der Waals surface area contributed by atoms with Crippen LogP contribution in [-0.4, -0.2) is 11.9 Å². The van der Waals surface area contributed by atoms with Gasteiger partial charge in [-0.3, -0.25) is 4.79 Å². The molecule has 2 rings (SSSR count). The number of hydrogen-bond acceptors (Lipinski definition) is 1. The first-order valence-electron chi connectivity index (χ1n) is 6.31. The van der Waals surface area contributed by atoms with Crippen LogP contribution in [-0.2, 0) is 0 Å². The van der Waals surface area contributed by atoms with Crippen molar-refractivity contribution in [3.63, 3.8) is 0 Å². The van der Waals surface area contributed by atoms with E-state index < -0.39 is 0 Å². The van der Waals surface area contributed by atoms with Crippen LogP contribution in [0.4, 0.5) is 0 Å². The Morgan fingerprint density at radius 1 is 0.882 bits per heavy atom. The molecular formula is C15H21NO. The highest BCUT2D eigenvalue weighted by atomic mass is 16.1. The average molecular weight is 231 g/mol. The molecule has 0 aliphatic heterocycles. The Morgan fingerprint density at radius 2 is 1.29 bits per heavy atom. The maximum atomic E-state index is 12.2. The highest BCUT2D eigenvalue weighted by molar-refractivity contribution is 5.98. The largest absolute Gasteiger partial charge is 0.349 e. The minimum absolute atomic E-state index is 0.105. The lowest BCUT2D eigenvalue weighted by Gasteiger charge is -2.18. The van der Waals surface area contributed by atoms with Gasteiger partial charge >= 0.3 is 0 Å². The summed E-state index contributed by atoms with van der Waals surface area (Å²) in [6, 6.07) is 0.420. The van der Waals surface area contributed by atoms with Crippen molar-refractivity contribution >= 4 is 5.91 Å². The molecule has 1 aromatic rings. The average Bonchev–Trinajstić information content (AvgIpc) is 3.08. The van der Waals surface area contributed by atoms with Crippen molar-refractivity contribution in [2.45, 2.75) is 53.5 Å². The summed E-state index contributed by atoms with van der Waals surface area (Å²) in [5.74, 6) is 0.105. The van der Waals surface area contributed by atoms with Gasteiger partial charge in [0.1, 0.15) is 0 Å². The Labute approximate surface area is 103 Å². The van der Waals surface area contributed by atoms with Crippen molar-refractivity contribution in [1.29, 1.82) is 0 Å². The van der Waals surface area contributed by atoms with Crippen LogP contribution in [0.3, 0.4) is 0 Å². The van der Waals surface area contributed by atoms with Crippen LogP contribution in [0.2, 0.25) is 0 Å². The third kappa shape index (κ3) is 2.08. The quantitative estimate of drug-likeness (QED) is 0.832. The van der Waals surface area contributed by atoms with Gasteiger partial charge in [-0.25, -0.2) is 0 Å².